The zero-order chi connectivity index (χ0) is 16.4. The minimum Gasteiger partial charge on any atom is -0.469 e. The van der Waals surface area contributed by atoms with Gasteiger partial charge in [0.05, 0.1) is 12.5 Å². The molecule has 0 radical (unpaired) electrons. The van der Waals surface area contributed by atoms with E-state index in [4.69, 9.17) is 4.74 Å². The van der Waals surface area contributed by atoms with Crippen molar-refractivity contribution < 1.29 is 9.53 Å². The van der Waals surface area contributed by atoms with Gasteiger partial charge in [-0.2, -0.15) is 0 Å². The van der Waals surface area contributed by atoms with Crippen LogP contribution in [0.2, 0.25) is 0 Å². The molecule has 1 aliphatic carbocycles. The van der Waals surface area contributed by atoms with Gasteiger partial charge in [-0.05, 0) is 50.1 Å². The number of likely N-dealkylation sites (tertiary alicyclic amines) is 1. The molecule has 1 aliphatic heterocycles. The molecule has 2 aromatic rings. The molecule has 1 aromatic carbocycles. The van der Waals surface area contributed by atoms with Crippen LogP contribution in [0.3, 0.4) is 0 Å². The molecule has 23 heavy (non-hydrogen) atoms. The second kappa shape index (κ2) is 5.08. The summed E-state index contributed by atoms with van der Waals surface area (Å²) >= 11 is 3.64. The molecule has 4 nitrogen and oxygen atoms in total. The molecular formula is C18H21BrN2O2. The van der Waals surface area contributed by atoms with Crippen molar-refractivity contribution in [3.05, 3.63) is 33.9 Å². The van der Waals surface area contributed by atoms with Crippen molar-refractivity contribution in [3.8, 4) is 0 Å². The summed E-state index contributed by atoms with van der Waals surface area (Å²) in [7, 11) is 3.62. The molecule has 2 heterocycles. The highest BCUT2D eigenvalue weighted by atomic mass is 79.9. The Bertz CT molecular complexity index is 800. The van der Waals surface area contributed by atoms with E-state index in [1.807, 2.05) is 6.92 Å². The molecular weight excluding hydrogens is 356 g/mol. The van der Waals surface area contributed by atoms with Crippen molar-refractivity contribution in [2.45, 2.75) is 31.7 Å². The number of piperidine rings is 1. The largest absolute Gasteiger partial charge is 0.469 e. The minimum atomic E-state index is -0.451. The van der Waals surface area contributed by atoms with Crippen LogP contribution in [0.15, 0.2) is 22.8 Å². The summed E-state index contributed by atoms with van der Waals surface area (Å²) in [5.74, 6) is 0.245. The number of hydrogen-bond acceptors (Lipinski definition) is 3. The maximum Gasteiger partial charge on any atom is 0.312 e. The van der Waals surface area contributed by atoms with Crippen LogP contribution >= 0.6 is 15.9 Å². The van der Waals surface area contributed by atoms with Crippen LogP contribution in [0, 0.1) is 5.41 Å². The molecule has 1 aromatic heterocycles. The van der Waals surface area contributed by atoms with Gasteiger partial charge in [0.15, 0.2) is 0 Å². The Hall–Kier alpha value is -1.33. The molecule has 3 atom stereocenters. The number of nitrogens with one attached hydrogen (secondary N) is 1. The van der Waals surface area contributed by atoms with Gasteiger partial charge in [-0.15, -0.1) is 0 Å². The van der Waals surface area contributed by atoms with E-state index in [-0.39, 0.29) is 5.97 Å². The van der Waals surface area contributed by atoms with Crippen LogP contribution < -0.4 is 0 Å². The summed E-state index contributed by atoms with van der Waals surface area (Å²) in [6, 6.07) is 4.80. The monoisotopic (exact) mass is 376 g/mol. The van der Waals surface area contributed by atoms with Crippen LogP contribution in [0.5, 0.6) is 0 Å². The second-order valence-corrected chi connectivity index (χ2v) is 8.20. The smallest absolute Gasteiger partial charge is 0.312 e. The first kappa shape index (κ1) is 15.2. The molecule has 4 rings (SSSR count). The number of halogens is 1. The van der Waals surface area contributed by atoms with Crippen molar-refractivity contribution in [2.75, 3.05) is 20.7 Å². The number of benzene rings is 1. The summed E-state index contributed by atoms with van der Waals surface area (Å²) in [5.41, 5.74) is 3.46. The van der Waals surface area contributed by atoms with Crippen LogP contribution in [-0.2, 0) is 16.0 Å². The summed E-state index contributed by atoms with van der Waals surface area (Å²) in [6.45, 7) is 2.78. The quantitative estimate of drug-likeness (QED) is 0.775. The van der Waals surface area contributed by atoms with Gasteiger partial charge in [0.2, 0.25) is 0 Å². The summed E-state index contributed by atoms with van der Waals surface area (Å²) in [5, 5.41) is 1.34. The van der Waals surface area contributed by atoms with E-state index in [9.17, 15) is 4.79 Å². The van der Waals surface area contributed by atoms with Gasteiger partial charge in [-0.1, -0.05) is 15.9 Å². The Morgan fingerprint density at radius 2 is 2.26 bits per heavy atom. The maximum absolute atomic E-state index is 12.3. The number of rotatable bonds is 1. The highest BCUT2D eigenvalue weighted by Gasteiger charge is 2.48. The fraction of sp³-hybridized carbons (Fsp3) is 0.500. The Morgan fingerprint density at radius 1 is 1.48 bits per heavy atom. The molecule has 0 spiro atoms. The number of likely N-dealkylation sites (N-methyl/N-ethyl adjacent to an activating group) is 1. The van der Waals surface area contributed by atoms with Crippen LogP contribution in [-0.4, -0.2) is 42.6 Å². The topological polar surface area (TPSA) is 45.3 Å². The normalized spacial score (nSPS) is 30.3. The van der Waals surface area contributed by atoms with E-state index in [1.54, 1.807) is 0 Å². The molecule has 1 N–H and O–H groups in total. The number of hydrogen-bond donors (Lipinski definition) is 1. The fourth-order valence-electron chi connectivity index (χ4n) is 4.69. The first-order chi connectivity index (χ1) is 10.9. The summed E-state index contributed by atoms with van der Waals surface area (Å²) < 4.78 is 6.18. The standard InChI is InChI=1S/C18H21BrN2O2/c1-18(17(22)23-3)7-13-12-5-11(19)6-14-16(12)10(8-20-14)4-15(13)21(2)9-18/h5-6,8,13,15,20H,4,7,9H2,1-3H3/t13-,15-,18?/m0/s1. The first-order valence-corrected chi connectivity index (χ1v) is 8.80. The van der Waals surface area contributed by atoms with Crippen molar-refractivity contribution in [1.29, 1.82) is 0 Å². The fourth-order valence-corrected chi connectivity index (χ4v) is 5.16. The van der Waals surface area contributed by atoms with E-state index < -0.39 is 5.41 Å². The lowest BCUT2D eigenvalue weighted by Crippen LogP contribution is -2.54. The highest BCUT2D eigenvalue weighted by molar-refractivity contribution is 9.10. The lowest BCUT2D eigenvalue weighted by Gasteiger charge is -2.48. The predicted octanol–water partition coefficient (Wildman–Crippen LogP) is 3.45. The van der Waals surface area contributed by atoms with Gasteiger partial charge in [-0.25, -0.2) is 0 Å². The number of esters is 1. The van der Waals surface area contributed by atoms with Gasteiger partial charge in [-0.3, -0.25) is 4.79 Å². The SMILES string of the molecule is COC(=O)C1(C)C[C@H]2c3cc(Br)cc4[nH]cc(c34)C[C@@H]2N(C)C1. The summed E-state index contributed by atoms with van der Waals surface area (Å²) in [6.07, 6.45) is 4.01. The van der Waals surface area contributed by atoms with Crippen molar-refractivity contribution in [3.63, 3.8) is 0 Å². The van der Waals surface area contributed by atoms with Gasteiger partial charge in [0, 0.05) is 40.1 Å². The lowest BCUT2D eigenvalue weighted by atomic mass is 9.67. The zero-order valence-corrected chi connectivity index (χ0v) is 15.2. The van der Waals surface area contributed by atoms with Crippen molar-refractivity contribution >= 4 is 32.8 Å². The van der Waals surface area contributed by atoms with E-state index >= 15 is 0 Å². The Morgan fingerprint density at radius 3 is 3.00 bits per heavy atom. The van der Waals surface area contributed by atoms with E-state index in [2.05, 4.69) is 51.2 Å². The number of ether oxygens (including phenoxy) is 1. The summed E-state index contributed by atoms with van der Waals surface area (Å²) in [4.78, 5) is 18.1. The molecule has 1 saturated heterocycles. The van der Waals surface area contributed by atoms with E-state index in [0.29, 0.717) is 12.0 Å². The molecule has 1 unspecified atom stereocenters. The first-order valence-electron chi connectivity index (χ1n) is 8.01. The molecule has 0 amide bonds. The number of nitrogens with zero attached hydrogens (tertiary/aromatic N) is 1. The zero-order valence-electron chi connectivity index (χ0n) is 13.6. The number of fused-ring (bicyclic) bond motifs is 2. The lowest BCUT2D eigenvalue weighted by molar-refractivity contribution is -0.156. The number of carbonyl (C=O) groups is 1. The Kier molecular flexibility index (Phi) is 3.36. The van der Waals surface area contributed by atoms with Gasteiger partial charge < -0.3 is 14.6 Å². The number of H-pyrrole nitrogens is 1. The minimum absolute atomic E-state index is 0.103. The third kappa shape index (κ3) is 2.17. The molecule has 0 bridgehead atoms. The Balaban J connectivity index is 1.86. The third-order valence-electron chi connectivity index (χ3n) is 5.66. The number of carbonyl (C=O) groups excluding carboxylic acids is 1. The molecule has 5 heteroatoms. The maximum atomic E-state index is 12.3. The van der Waals surface area contributed by atoms with E-state index in [1.165, 1.54) is 29.1 Å². The van der Waals surface area contributed by atoms with Crippen molar-refractivity contribution in [2.24, 2.45) is 5.41 Å². The van der Waals surface area contributed by atoms with Gasteiger partial charge >= 0.3 is 5.97 Å². The van der Waals surface area contributed by atoms with Crippen LogP contribution in [0.1, 0.15) is 30.4 Å². The number of methoxy groups -OCH3 is 1. The van der Waals surface area contributed by atoms with Gasteiger partial charge in [0.1, 0.15) is 0 Å². The Labute approximate surface area is 144 Å². The van der Waals surface area contributed by atoms with E-state index in [0.717, 1.165) is 23.9 Å². The predicted molar refractivity (Wildman–Crippen MR) is 93.6 cm³/mol. The number of aromatic amines is 1. The van der Waals surface area contributed by atoms with Crippen molar-refractivity contribution in [1.82, 2.24) is 9.88 Å². The van der Waals surface area contributed by atoms with Crippen LogP contribution in [0.4, 0.5) is 0 Å². The highest BCUT2D eigenvalue weighted by Crippen LogP contribution is 2.48. The van der Waals surface area contributed by atoms with Gasteiger partial charge in [0.25, 0.3) is 0 Å². The average Bonchev–Trinajstić information content (AvgIpc) is 2.91. The molecule has 122 valence electrons. The average molecular weight is 377 g/mol. The molecule has 1 fully saturated rings. The second-order valence-electron chi connectivity index (χ2n) is 7.28. The molecule has 2 aliphatic rings. The van der Waals surface area contributed by atoms with Crippen LogP contribution in [0.25, 0.3) is 10.9 Å². The number of aromatic nitrogens is 1. The molecule has 0 saturated carbocycles. The third-order valence-corrected chi connectivity index (χ3v) is 6.12.